The molecule has 0 unspecified atom stereocenters. The lowest BCUT2D eigenvalue weighted by Crippen LogP contribution is -2.17. The van der Waals surface area contributed by atoms with Gasteiger partial charge in [-0.15, -0.1) is 0 Å². The van der Waals surface area contributed by atoms with Gasteiger partial charge in [-0.25, -0.2) is 9.82 Å². The molecule has 0 aliphatic carbocycles. The molecule has 0 bridgehead atoms. The molecule has 0 saturated carbocycles. The number of benzene rings is 2. The van der Waals surface area contributed by atoms with Crippen LogP contribution in [-0.2, 0) is 0 Å². The number of hydrazone groups is 1. The van der Waals surface area contributed by atoms with Crippen molar-refractivity contribution in [3.63, 3.8) is 0 Å². The molecule has 0 fully saturated rings. The Morgan fingerprint density at radius 1 is 1.30 bits per heavy atom. The minimum atomic E-state index is -0.846. The average molecular weight is 273 g/mol. The van der Waals surface area contributed by atoms with Crippen LogP contribution in [0.25, 0.3) is 0 Å². The Balaban J connectivity index is 2.10. The van der Waals surface area contributed by atoms with Crippen LogP contribution < -0.4 is 11.2 Å². The third-order valence-corrected chi connectivity index (χ3v) is 2.52. The van der Waals surface area contributed by atoms with Gasteiger partial charge in [-0.05, 0) is 18.2 Å². The van der Waals surface area contributed by atoms with Gasteiger partial charge in [-0.1, -0.05) is 18.2 Å². The second-order valence-corrected chi connectivity index (χ2v) is 4.01. The van der Waals surface area contributed by atoms with Gasteiger partial charge >= 0.3 is 0 Å². The van der Waals surface area contributed by atoms with Crippen LogP contribution in [0.2, 0.25) is 0 Å². The molecule has 2 aromatic rings. The Hall–Kier alpha value is -2.89. The van der Waals surface area contributed by atoms with Gasteiger partial charge in [0, 0.05) is 22.9 Å². The molecule has 0 aliphatic rings. The van der Waals surface area contributed by atoms with Gasteiger partial charge in [-0.2, -0.15) is 5.10 Å². The summed E-state index contributed by atoms with van der Waals surface area (Å²) in [6.45, 7) is 0. The van der Waals surface area contributed by atoms with Gasteiger partial charge in [0.2, 0.25) is 0 Å². The lowest BCUT2D eigenvalue weighted by molar-refractivity contribution is 0.0955. The second kappa shape index (κ2) is 5.83. The van der Waals surface area contributed by atoms with Gasteiger partial charge in [0.1, 0.15) is 0 Å². The van der Waals surface area contributed by atoms with E-state index < -0.39 is 17.5 Å². The molecule has 1 amide bonds. The van der Waals surface area contributed by atoms with Gasteiger partial charge in [0.05, 0.1) is 6.21 Å². The molecule has 0 radical (unpaired) electrons. The highest BCUT2D eigenvalue weighted by atomic mass is 19.1. The topological polar surface area (TPSA) is 87.7 Å². The van der Waals surface area contributed by atoms with E-state index in [-0.39, 0.29) is 11.3 Å². The van der Waals surface area contributed by atoms with Crippen LogP contribution in [0.5, 0.6) is 5.75 Å². The highest BCUT2D eigenvalue weighted by molar-refractivity contribution is 5.95. The third-order valence-electron chi connectivity index (χ3n) is 2.52. The fourth-order valence-corrected chi connectivity index (χ4v) is 1.56. The number of halogens is 1. The summed E-state index contributed by atoms with van der Waals surface area (Å²) in [7, 11) is 0. The number of nitrogens with two attached hydrogens (primary N) is 1. The van der Waals surface area contributed by atoms with Crippen LogP contribution in [-0.4, -0.2) is 17.2 Å². The molecule has 5 nitrogen and oxygen atoms in total. The summed E-state index contributed by atoms with van der Waals surface area (Å²) < 4.78 is 13.2. The number of hydrogen-bond acceptors (Lipinski definition) is 4. The Kier molecular flexibility index (Phi) is 3.95. The van der Waals surface area contributed by atoms with E-state index in [0.29, 0.717) is 5.56 Å². The molecular weight excluding hydrogens is 261 g/mol. The molecular formula is C14H12FN3O2. The van der Waals surface area contributed by atoms with E-state index in [0.717, 1.165) is 12.3 Å². The summed E-state index contributed by atoms with van der Waals surface area (Å²) in [5.41, 5.74) is 8.39. The zero-order chi connectivity index (χ0) is 14.5. The van der Waals surface area contributed by atoms with E-state index >= 15 is 0 Å². The number of carbonyl (C=O) groups is 1. The fourth-order valence-electron chi connectivity index (χ4n) is 1.56. The van der Waals surface area contributed by atoms with E-state index in [4.69, 9.17) is 5.73 Å². The maximum atomic E-state index is 13.2. The normalized spacial score (nSPS) is 10.7. The molecule has 102 valence electrons. The molecule has 0 atom stereocenters. The Labute approximate surface area is 114 Å². The Morgan fingerprint density at radius 3 is 2.70 bits per heavy atom. The fraction of sp³-hybridized carbons (Fsp3) is 0. The zero-order valence-electron chi connectivity index (χ0n) is 10.4. The first-order valence-corrected chi connectivity index (χ1v) is 5.74. The van der Waals surface area contributed by atoms with Crippen LogP contribution >= 0.6 is 0 Å². The van der Waals surface area contributed by atoms with Crippen LogP contribution in [0.3, 0.4) is 0 Å². The average Bonchev–Trinajstić information content (AvgIpc) is 2.44. The smallest absolute Gasteiger partial charge is 0.271 e. The van der Waals surface area contributed by atoms with Crippen LogP contribution in [0.1, 0.15) is 15.9 Å². The zero-order valence-corrected chi connectivity index (χ0v) is 10.4. The molecule has 0 heterocycles. The lowest BCUT2D eigenvalue weighted by Gasteiger charge is -2.02. The van der Waals surface area contributed by atoms with Gasteiger partial charge < -0.3 is 10.8 Å². The number of phenols is 1. The summed E-state index contributed by atoms with van der Waals surface area (Å²) in [5, 5.41) is 13.1. The molecule has 6 heteroatoms. The standard InChI is InChI=1S/C14H12FN3O2/c15-12-7-11(16)6-10(13(12)19)8-17-18-14(20)9-4-2-1-3-5-9/h1-8,19H,16H2,(H,18,20)/b17-8+. The van der Waals surface area contributed by atoms with Crippen molar-refractivity contribution in [2.24, 2.45) is 5.10 Å². The largest absolute Gasteiger partial charge is 0.504 e. The molecule has 20 heavy (non-hydrogen) atoms. The number of carbonyl (C=O) groups excluding carboxylic acids is 1. The molecule has 2 rings (SSSR count). The van der Waals surface area contributed by atoms with E-state index in [1.54, 1.807) is 30.3 Å². The molecule has 0 saturated heterocycles. The summed E-state index contributed by atoms with van der Waals surface area (Å²) >= 11 is 0. The van der Waals surface area contributed by atoms with Crippen molar-refractivity contribution in [3.05, 3.63) is 59.4 Å². The number of anilines is 1. The van der Waals surface area contributed by atoms with Crippen molar-refractivity contribution >= 4 is 17.8 Å². The van der Waals surface area contributed by atoms with Gasteiger partial charge in [0.25, 0.3) is 5.91 Å². The SMILES string of the molecule is Nc1cc(F)c(O)c(/C=N/NC(=O)c2ccccc2)c1. The maximum absolute atomic E-state index is 13.2. The number of nitrogens with one attached hydrogen (secondary N) is 1. The number of hydrogen-bond donors (Lipinski definition) is 3. The number of phenolic OH excluding ortho intramolecular Hbond substituents is 1. The summed E-state index contributed by atoms with van der Waals surface area (Å²) in [5.74, 6) is -1.83. The summed E-state index contributed by atoms with van der Waals surface area (Å²) in [4.78, 5) is 11.7. The van der Waals surface area contributed by atoms with E-state index in [1.807, 2.05) is 0 Å². The first-order valence-electron chi connectivity index (χ1n) is 5.74. The number of amides is 1. The van der Waals surface area contributed by atoms with Crippen molar-refractivity contribution < 1.29 is 14.3 Å². The molecule has 0 spiro atoms. The van der Waals surface area contributed by atoms with E-state index in [9.17, 15) is 14.3 Å². The number of nitrogen functional groups attached to an aromatic ring is 1. The molecule has 0 aliphatic heterocycles. The van der Waals surface area contributed by atoms with Gasteiger partial charge in [-0.3, -0.25) is 4.79 Å². The summed E-state index contributed by atoms with van der Waals surface area (Å²) in [6.07, 6.45) is 1.12. The lowest BCUT2D eigenvalue weighted by atomic mass is 10.2. The monoisotopic (exact) mass is 273 g/mol. The minimum absolute atomic E-state index is 0.0795. The number of nitrogens with zero attached hydrogens (tertiary/aromatic N) is 1. The number of rotatable bonds is 3. The Morgan fingerprint density at radius 2 is 2.00 bits per heavy atom. The van der Waals surface area contributed by atoms with Crippen molar-refractivity contribution in [2.75, 3.05) is 5.73 Å². The highest BCUT2D eigenvalue weighted by Crippen LogP contribution is 2.22. The van der Waals surface area contributed by atoms with Crippen molar-refractivity contribution in [2.45, 2.75) is 0 Å². The second-order valence-electron chi connectivity index (χ2n) is 4.01. The van der Waals surface area contributed by atoms with Crippen LogP contribution in [0, 0.1) is 5.82 Å². The van der Waals surface area contributed by atoms with Crippen molar-refractivity contribution in [3.8, 4) is 5.75 Å². The Bertz CT molecular complexity index is 657. The molecule has 0 aromatic heterocycles. The predicted molar refractivity (Wildman–Crippen MR) is 74.0 cm³/mol. The highest BCUT2D eigenvalue weighted by Gasteiger charge is 2.07. The van der Waals surface area contributed by atoms with E-state index in [1.165, 1.54) is 6.07 Å². The van der Waals surface area contributed by atoms with Crippen molar-refractivity contribution in [1.29, 1.82) is 0 Å². The maximum Gasteiger partial charge on any atom is 0.271 e. The third kappa shape index (κ3) is 3.11. The summed E-state index contributed by atoms with van der Waals surface area (Å²) in [6, 6.07) is 10.8. The molecule has 4 N–H and O–H groups in total. The van der Waals surface area contributed by atoms with Crippen LogP contribution in [0.15, 0.2) is 47.6 Å². The number of aromatic hydroxyl groups is 1. The first kappa shape index (κ1) is 13.5. The van der Waals surface area contributed by atoms with E-state index in [2.05, 4.69) is 10.5 Å². The quantitative estimate of drug-likeness (QED) is 0.345. The minimum Gasteiger partial charge on any atom is -0.504 e. The predicted octanol–water partition coefficient (Wildman–Crippen LogP) is 1.88. The van der Waals surface area contributed by atoms with Crippen molar-refractivity contribution in [1.82, 2.24) is 5.43 Å². The molecule has 2 aromatic carbocycles. The van der Waals surface area contributed by atoms with Gasteiger partial charge in [0.15, 0.2) is 11.6 Å². The first-order chi connectivity index (χ1) is 9.58. The van der Waals surface area contributed by atoms with Crippen LogP contribution in [0.4, 0.5) is 10.1 Å².